The van der Waals surface area contributed by atoms with Gasteiger partial charge in [0.05, 0.1) is 6.04 Å². The number of benzene rings is 2. The molecule has 0 spiro atoms. The van der Waals surface area contributed by atoms with E-state index in [1.807, 2.05) is 0 Å². The monoisotopic (exact) mass is 283 g/mol. The van der Waals surface area contributed by atoms with E-state index < -0.39 is 40.4 Å². The molecule has 2 rings (SSSR count). The van der Waals surface area contributed by atoms with E-state index in [2.05, 4.69) is 0 Å². The SMILES string of the molecule is Cc1ccc(F)c(C(N)c2c(F)ccc(C)c2F)c1F. The first kappa shape index (κ1) is 14.5. The third-order valence-corrected chi connectivity index (χ3v) is 3.26. The zero-order valence-corrected chi connectivity index (χ0v) is 11.0. The molecule has 1 nitrogen and oxygen atoms in total. The van der Waals surface area contributed by atoms with Crippen molar-refractivity contribution >= 4 is 0 Å². The van der Waals surface area contributed by atoms with Crippen molar-refractivity contribution in [2.75, 3.05) is 0 Å². The summed E-state index contributed by atoms with van der Waals surface area (Å²) in [5.74, 6) is -3.64. The Morgan fingerprint density at radius 1 is 0.750 bits per heavy atom. The lowest BCUT2D eigenvalue weighted by Gasteiger charge is -2.17. The maximum atomic E-state index is 14.0. The number of rotatable bonds is 2. The molecule has 2 aromatic rings. The molecule has 5 heteroatoms. The van der Waals surface area contributed by atoms with Crippen LogP contribution in [0, 0.1) is 37.1 Å². The summed E-state index contributed by atoms with van der Waals surface area (Å²) in [6.07, 6.45) is 0. The van der Waals surface area contributed by atoms with Crippen molar-refractivity contribution in [3.05, 3.63) is 69.8 Å². The Morgan fingerprint density at radius 2 is 1.10 bits per heavy atom. The molecule has 0 fully saturated rings. The van der Waals surface area contributed by atoms with Crippen molar-refractivity contribution in [3.8, 4) is 0 Å². The molecule has 0 saturated heterocycles. The molecular weight excluding hydrogens is 270 g/mol. The van der Waals surface area contributed by atoms with Crippen LogP contribution in [0.1, 0.15) is 28.3 Å². The molecule has 0 unspecified atom stereocenters. The van der Waals surface area contributed by atoms with Crippen molar-refractivity contribution < 1.29 is 17.6 Å². The highest BCUT2D eigenvalue weighted by Gasteiger charge is 2.25. The van der Waals surface area contributed by atoms with E-state index in [9.17, 15) is 17.6 Å². The molecule has 0 saturated carbocycles. The molecule has 0 aliphatic heterocycles. The average Bonchev–Trinajstić information content (AvgIpc) is 2.39. The van der Waals surface area contributed by atoms with E-state index in [-0.39, 0.29) is 11.1 Å². The smallest absolute Gasteiger partial charge is 0.134 e. The van der Waals surface area contributed by atoms with Gasteiger partial charge in [-0.05, 0) is 37.1 Å². The molecule has 0 aliphatic carbocycles. The lowest BCUT2D eigenvalue weighted by molar-refractivity contribution is 0.505. The van der Waals surface area contributed by atoms with Crippen LogP contribution in [0.2, 0.25) is 0 Å². The van der Waals surface area contributed by atoms with Crippen molar-refractivity contribution in [2.45, 2.75) is 19.9 Å². The van der Waals surface area contributed by atoms with Gasteiger partial charge in [0.15, 0.2) is 0 Å². The summed E-state index contributed by atoms with van der Waals surface area (Å²) < 4.78 is 55.5. The minimum atomic E-state index is -1.55. The van der Waals surface area contributed by atoms with Gasteiger partial charge >= 0.3 is 0 Å². The Labute approximate surface area is 114 Å². The molecule has 2 aromatic carbocycles. The van der Waals surface area contributed by atoms with Crippen molar-refractivity contribution in [2.24, 2.45) is 5.73 Å². The molecule has 0 radical (unpaired) electrons. The van der Waals surface area contributed by atoms with Gasteiger partial charge in [0.1, 0.15) is 23.3 Å². The first-order valence-electron chi connectivity index (χ1n) is 5.99. The molecule has 2 N–H and O–H groups in total. The number of aryl methyl sites for hydroxylation is 2. The number of halogens is 4. The summed E-state index contributed by atoms with van der Waals surface area (Å²) in [6.45, 7) is 2.85. The van der Waals surface area contributed by atoms with Crippen LogP contribution in [0.15, 0.2) is 24.3 Å². The van der Waals surface area contributed by atoms with Crippen LogP contribution in [0.25, 0.3) is 0 Å². The van der Waals surface area contributed by atoms with Crippen LogP contribution in [0.5, 0.6) is 0 Å². The van der Waals surface area contributed by atoms with Gasteiger partial charge in [0.2, 0.25) is 0 Å². The normalized spacial score (nSPS) is 11.2. The molecule has 0 aliphatic rings. The van der Waals surface area contributed by atoms with Gasteiger partial charge in [-0.25, -0.2) is 17.6 Å². The summed E-state index contributed by atoms with van der Waals surface area (Å²) in [5, 5.41) is 0. The Kier molecular flexibility index (Phi) is 3.81. The molecule has 0 bridgehead atoms. The second kappa shape index (κ2) is 5.25. The zero-order valence-electron chi connectivity index (χ0n) is 11.0. The minimum Gasteiger partial charge on any atom is -0.320 e. The predicted octanol–water partition coefficient (Wildman–Crippen LogP) is 3.91. The second-order valence-corrected chi connectivity index (χ2v) is 4.66. The van der Waals surface area contributed by atoms with Crippen LogP contribution in [-0.2, 0) is 0 Å². The molecule has 106 valence electrons. The topological polar surface area (TPSA) is 26.0 Å². The molecular formula is C15H13F4N. The maximum absolute atomic E-state index is 14.0. The molecule has 0 atom stereocenters. The van der Waals surface area contributed by atoms with E-state index in [4.69, 9.17) is 5.73 Å². The fourth-order valence-corrected chi connectivity index (χ4v) is 2.07. The fraction of sp³-hybridized carbons (Fsp3) is 0.200. The van der Waals surface area contributed by atoms with Crippen LogP contribution < -0.4 is 5.73 Å². The standard InChI is InChI=1S/C15H13F4N/c1-7-3-5-9(16)11(13(7)18)15(20)12-10(17)6-4-8(2)14(12)19/h3-6,15H,20H2,1-2H3. The Bertz CT molecular complexity index is 610. The maximum Gasteiger partial charge on any atom is 0.134 e. The van der Waals surface area contributed by atoms with E-state index in [1.165, 1.54) is 26.0 Å². The van der Waals surface area contributed by atoms with E-state index >= 15 is 0 Å². The largest absolute Gasteiger partial charge is 0.320 e. The summed E-state index contributed by atoms with van der Waals surface area (Å²) in [4.78, 5) is 0. The summed E-state index contributed by atoms with van der Waals surface area (Å²) >= 11 is 0. The van der Waals surface area contributed by atoms with Crippen LogP contribution >= 0.6 is 0 Å². The highest BCUT2D eigenvalue weighted by Crippen LogP contribution is 2.30. The third kappa shape index (κ3) is 2.29. The summed E-state index contributed by atoms with van der Waals surface area (Å²) in [7, 11) is 0. The van der Waals surface area contributed by atoms with E-state index in [0.717, 1.165) is 12.1 Å². The number of hydrogen-bond acceptors (Lipinski definition) is 1. The number of hydrogen-bond donors (Lipinski definition) is 1. The Balaban J connectivity index is 2.67. The Hall–Kier alpha value is -1.88. The molecule has 20 heavy (non-hydrogen) atoms. The molecule has 0 aromatic heterocycles. The lowest BCUT2D eigenvalue weighted by atomic mass is 9.94. The average molecular weight is 283 g/mol. The number of nitrogens with two attached hydrogens (primary N) is 1. The minimum absolute atomic E-state index is 0.158. The molecule has 0 heterocycles. The highest BCUT2D eigenvalue weighted by molar-refractivity contribution is 5.39. The fourth-order valence-electron chi connectivity index (χ4n) is 2.07. The zero-order chi connectivity index (χ0) is 15.0. The van der Waals surface area contributed by atoms with Crippen molar-refractivity contribution in [3.63, 3.8) is 0 Å². The summed E-state index contributed by atoms with van der Waals surface area (Å²) in [6, 6.07) is 2.99. The summed E-state index contributed by atoms with van der Waals surface area (Å²) in [5.41, 5.74) is 4.95. The quantitative estimate of drug-likeness (QED) is 0.831. The predicted molar refractivity (Wildman–Crippen MR) is 68.2 cm³/mol. The van der Waals surface area contributed by atoms with Crippen molar-refractivity contribution in [1.29, 1.82) is 0 Å². The lowest BCUT2D eigenvalue weighted by Crippen LogP contribution is -2.19. The van der Waals surface area contributed by atoms with Gasteiger partial charge in [0, 0.05) is 11.1 Å². The third-order valence-electron chi connectivity index (χ3n) is 3.26. The molecule has 0 amide bonds. The van der Waals surface area contributed by atoms with Crippen LogP contribution in [0.4, 0.5) is 17.6 Å². The van der Waals surface area contributed by atoms with Gasteiger partial charge in [-0.2, -0.15) is 0 Å². The van der Waals surface area contributed by atoms with Crippen molar-refractivity contribution in [1.82, 2.24) is 0 Å². The van der Waals surface area contributed by atoms with Crippen LogP contribution in [-0.4, -0.2) is 0 Å². The van der Waals surface area contributed by atoms with E-state index in [0.29, 0.717) is 0 Å². The van der Waals surface area contributed by atoms with Crippen LogP contribution in [0.3, 0.4) is 0 Å². The van der Waals surface area contributed by atoms with Gasteiger partial charge < -0.3 is 5.73 Å². The Morgan fingerprint density at radius 3 is 1.45 bits per heavy atom. The van der Waals surface area contributed by atoms with Gasteiger partial charge in [-0.1, -0.05) is 12.1 Å². The van der Waals surface area contributed by atoms with E-state index in [1.54, 1.807) is 0 Å². The first-order chi connectivity index (χ1) is 9.34. The van der Waals surface area contributed by atoms with Gasteiger partial charge in [-0.15, -0.1) is 0 Å². The van der Waals surface area contributed by atoms with Gasteiger partial charge in [-0.3, -0.25) is 0 Å². The van der Waals surface area contributed by atoms with Gasteiger partial charge in [0.25, 0.3) is 0 Å². The highest BCUT2D eigenvalue weighted by atomic mass is 19.1. The first-order valence-corrected chi connectivity index (χ1v) is 5.99. The second-order valence-electron chi connectivity index (χ2n) is 4.66.